The van der Waals surface area contributed by atoms with E-state index in [-0.39, 0.29) is 28.8 Å². The maximum absolute atomic E-state index is 12.5. The third-order valence-corrected chi connectivity index (χ3v) is 7.26. The Hall–Kier alpha value is -2.42. The summed E-state index contributed by atoms with van der Waals surface area (Å²) in [6.07, 6.45) is 1.62. The van der Waals surface area contributed by atoms with Crippen LogP contribution in [0.5, 0.6) is 11.8 Å². The van der Waals surface area contributed by atoms with Crippen LogP contribution in [0.15, 0.2) is 41.3 Å². The Kier molecular flexibility index (Phi) is 6.73. The van der Waals surface area contributed by atoms with Crippen LogP contribution < -0.4 is 10.3 Å². The molecule has 3 aromatic rings. The van der Waals surface area contributed by atoms with E-state index in [1.165, 1.54) is 10.6 Å². The van der Waals surface area contributed by atoms with Crippen LogP contribution in [0, 0.1) is 6.92 Å². The fourth-order valence-corrected chi connectivity index (χ4v) is 4.00. The molecule has 2 aromatic heterocycles. The highest BCUT2D eigenvalue weighted by Gasteiger charge is 2.20. The predicted molar refractivity (Wildman–Crippen MR) is 122 cm³/mol. The summed E-state index contributed by atoms with van der Waals surface area (Å²) in [5.74, 6) is -0.0504. The second-order valence-electron chi connectivity index (χ2n) is 7.39. The molecule has 31 heavy (non-hydrogen) atoms. The Morgan fingerprint density at radius 1 is 1.13 bits per heavy atom. The lowest BCUT2D eigenvalue weighted by molar-refractivity contribution is 0.441. The van der Waals surface area contributed by atoms with E-state index in [4.69, 9.17) is 27.9 Å². The van der Waals surface area contributed by atoms with E-state index in [0.29, 0.717) is 26.9 Å². The molecule has 0 aliphatic rings. The molecule has 0 fully saturated rings. The lowest BCUT2D eigenvalue weighted by atomic mass is 10.1. The number of pyridine rings is 1. The third kappa shape index (κ3) is 5.44. The van der Waals surface area contributed by atoms with Crippen LogP contribution in [0.1, 0.15) is 25.1 Å². The molecule has 3 rings (SSSR count). The van der Waals surface area contributed by atoms with Gasteiger partial charge in [0.25, 0.3) is 5.56 Å². The number of aryl methyl sites for hydroxylation is 2. The second-order valence-corrected chi connectivity index (χ2v) is 10.8. The van der Waals surface area contributed by atoms with Crippen molar-refractivity contribution in [2.75, 3.05) is 0 Å². The van der Waals surface area contributed by atoms with E-state index >= 15 is 0 Å². The first-order valence-corrected chi connectivity index (χ1v) is 11.8. The van der Waals surface area contributed by atoms with Crippen LogP contribution in [0.25, 0.3) is 11.3 Å². The number of hydrogen-bond donors (Lipinski definition) is 0. The fraction of sp³-hybridized carbons (Fsp3) is 0.286. The second kappa shape index (κ2) is 8.98. The van der Waals surface area contributed by atoms with Crippen molar-refractivity contribution in [3.8, 4) is 23.0 Å². The van der Waals surface area contributed by atoms with Gasteiger partial charge in [-0.3, -0.25) is 4.79 Å². The number of hydrogen-bond acceptors (Lipinski definition) is 6. The molecule has 0 aliphatic heterocycles. The van der Waals surface area contributed by atoms with Gasteiger partial charge in [0.2, 0.25) is 0 Å². The fourth-order valence-electron chi connectivity index (χ4n) is 2.79. The number of rotatable bonds is 6. The lowest BCUT2D eigenvalue weighted by Gasteiger charge is -2.12. The van der Waals surface area contributed by atoms with Crippen LogP contribution in [-0.2, 0) is 22.6 Å². The van der Waals surface area contributed by atoms with Crippen LogP contribution in [0.2, 0.25) is 10.0 Å². The van der Waals surface area contributed by atoms with Crippen molar-refractivity contribution in [1.29, 1.82) is 0 Å². The maximum atomic E-state index is 12.5. The summed E-state index contributed by atoms with van der Waals surface area (Å²) in [7, 11) is -1.79. The zero-order chi connectivity index (χ0) is 22.9. The van der Waals surface area contributed by atoms with E-state index in [0.717, 1.165) is 0 Å². The van der Waals surface area contributed by atoms with Crippen molar-refractivity contribution in [2.24, 2.45) is 7.05 Å². The first-order chi connectivity index (χ1) is 14.5. The Balaban J connectivity index is 2.14. The van der Waals surface area contributed by atoms with E-state index in [1.807, 2.05) is 0 Å². The molecular formula is C21H21Cl2N3O4S. The average Bonchev–Trinajstić information content (AvgIpc) is 2.68. The number of nitrogens with zero attached hydrogens (tertiary/aromatic N) is 3. The minimum Gasteiger partial charge on any atom is -0.423 e. The molecular weight excluding hydrogens is 461 g/mol. The van der Waals surface area contributed by atoms with Crippen LogP contribution in [0.4, 0.5) is 0 Å². The zero-order valence-electron chi connectivity index (χ0n) is 17.4. The molecule has 0 radical (unpaired) electrons. The molecule has 0 saturated carbocycles. The molecule has 1 aromatic carbocycles. The molecule has 0 atom stereocenters. The van der Waals surface area contributed by atoms with Crippen LogP contribution >= 0.6 is 23.2 Å². The Morgan fingerprint density at radius 2 is 1.84 bits per heavy atom. The van der Waals surface area contributed by atoms with Gasteiger partial charge in [-0.15, -0.1) is 0 Å². The molecule has 7 nitrogen and oxygen atoms in total. The minimum absolute atomic E-state index is 0.0814. The van der Waals surface area contributed by atoms with Gasteiger partial charge in [-0.1, -0.05) is 23.2 Å². The van der Waals surface area contributed by atoms with E-state index in [2.05, 4.69) is 9.97 Å². The molecule has 0 spiro atoms. The SMILES string of the molecule is Cc1cc(-c2cc(CS(=O)(=O)C(C)C)nc(Oc3cc(Cl)ccc3Cl)n2)cn(C)c1=O. The highest BCUT2D eigenvalue weighted by atomic mass is 35.5. The molecule has 0 bridgehead atoms. The molecule has 0 saturated heterocycles. The predicted octanol–water partition coefficient (Wildman–Crippen LogP) is 4.57. The Labute approximate surface area is 190 Å². The summed E-state index contributed by atoms with van der Waals surface area (Å²) in [6.45, 7) is 4.91. The van der Waals surface area contributed by atoms with Crippen molar-refractivity contribution >= 4 is 33.0 Å². The van der Waals surface area contributed by atoms with Gasteiger partial charge in [-0.2, -0.15) is 9.97 Å². The summed E-state index contributed by atoms with van der Waals surface area (Å²) in [5.41, 5.74) is 1.68. The van der Waals surface area contributed by atoms with Gasteiger partial charge in [-0.05, 0) is 45.0 Å². The van der Waals surface area contributed by atoms with Crippen molar-refractivity contribution in [3.05, 3.63) is 68.2 Å². The van der Waals surface area contributed by atoms with Gasteiger partial charge in [0, 0.05) is 35.5 Å². The average molecular weight is 482 g/mol. The molecule has 10 heteroatoms. The van der Waals surface area contributed by atoms with Gasteiger partial charge in [0.15, 0.2) is 15.6 Å². The summed E-state index contributed by atoms with van der Waals surface area (Å²) < 4.78 is 32.2. The first kappa shape index (κ1) is 23.2. The summed E-state index contributed by atoms with van der Waals surface area (Å²) >= 11 is 12.2. The number of sulfone groups is 1. The van der Waals surface area contributed by atoms with Gasteiger partial charge >= 0.3 is 6.01 Å². The quantitative estimate of drug-likeness (QED) is 0.511. The summed E-state index contributed by atoms with van der Waals surface area (Å²) in [4.78, 5) is 20.7. The molecule has 164 valence electrons. The zero-order valence-corrected chi connectivity index (χ0v) is 19.7. The standard InChI is InChI=1S/C21H21Cl2N3O4S/c1-12(2)31(28,29)11-16-9-18(14-7-13(3)20(27)26(4)10-14)25-21(24-16)30-19-8-15(22)5-6-17(19)23/h5-10,12H,11H2,1-4H3. The van der Waals surface area contributed by atoms with Gasteiger partial charge in [0.05, 0.1) is 27.4 Å². The van der Waals surface area contributed by atoms with Crippen molar-refractivity contribution in [1.82, 2.24) is 14.5 Å². The third-order valence-electron chi connectivity index (χ3n) is 4.58. The normalized spacial score (nSPS) is 11.7. The Bertz CT molecular complexity index is 1280. The highest BCUT2D eigenvalue weighted by molar-refractivity contribution is 7.91. The molecule has 0 N–H and O–H groups in total. The maximum Gasteiger partial charge on any atom is 0.322 e. The molecule has 2 heterocycles. The lowest BCUT2D eigenvalue weighted by Crippen LogP contribution is -2.19. The Morgan fingerprint density at radius 3 is 2.48 bits per heavy atom. The number of aromatic nitrogens is 3. The topological polar surface area (TPSA) is 91.2 Å². The molecule has 0 aliphatic carbocycles. The smallest absolute Gasteiger partial charge is 0.322 e. The molecule has 0 unspecified atom stereocenters. The van der Waals surface area contributed by atoms with Crippen LogP contribution in [0.3, 0.4) is 0 Å². The van der Waals surface area contributed by atoms with Gasteiger partial charge < -0.3 is 9.30 Å². The van der Waals surface area contributed by atoms with Crippen molar-refractivity contribution < 1.29 is 13.2 Å². The largest absolute Gasteiger partial charge is 0.423 e. The highest BCUT2D eigenvalue weighted by Crippen LogP contribution is 2.32. The van der Waals surface area contributed by atoms with Crippen molar-refractivity contribution in [3.63, 3.8) is 0 Å². The van der Waals surface area contributed by atoms with Crippen molar-refractivity contribution in [2.45, 2.75) is 31.8 Å². The van der Waals surface area contributed by atoms with Gasteiger partial charge in [-0.25, -0.2) is 8.42 Å². The van der Waals surface area contributed by atoms with E-state index < -0.39 is 15.1 Å². The first-order valence-electron chi connectivity index (χ1n) is 9.36. The van der Waals surface area contributed by atoms with E-state index in [1.54, 1.807) is 58.3 Å². The number of ether oxygens (including phenoxy) is 1. The number of benzene rings is 1. The number of halogens is 2. The summed E-state index contributed by atoms with van der Waals surface area (Å²) in [5, 5.41) is 0.136. The minimum atomic E-state index is -3.43. The van der Waals surface area contributed by atoms with Gasteiger partial charge in [0.1, 0.15) is 0 Å². The van der Waals surface area contributed by atoms with Crippen LogP contribution in [-0.4, -0.2) is 28.2 Å². The summed E-state index contributed by atoms with van der Waals surface area (Å²) in [6, 6.07) is 7.88. The molecule has 0 amide bonds. The van der Waals surface area contributed by atoms with E-state index in [9.17, 15) is 13.2 Å². The monoisotopic (exact) mass is 481 g/mol.